The Kier molecular flexibility index (Phi) is 6.20. The molecule has 0 aliphatic carbocycles. The maximum absolute atomic E-state index is 12.5. The van der Waals surface area contributed by atoms with E-state index in [1.165, 1.54) is 6.92 Å². The molecule has 7 nitrogen and oxygen atoms in total. The van der Waals surface area contributed by atoms with E-state index in [1.807, 2.05) is 12.1 Å². The molecule has 1 heterocycles. The molecule has 160 valence electrons. The van der Waals surface area contributed by atoms with Crippen LogP contribution in [0.15, 0.2) is 72.9 Å². The van der Waals surface area contributed by atoms with Crippen molar-refractivity contribution in [3.63, 3.8) is 0 Å². The lowest BCUT2D eigenvalue weighted by Crippen LogP contribution is -2.12. The van der Waals surface area contributed by atoms with Crippen molar-refractivity contribution in [2.75, 3.05) is 10.6 Å². The summed E-state index contributed by atoms with van der Waals surface area (Å²) < 4.78 is 1.59. The van der Waals surface area contributed by atoms with Gasteiger partial charge in [-0.15, -0.1) is 5.10 Å². The molecule has 0 aliphatic heterocycles. The number of benzene rings is 3. The van der Waals surface area contributed by atoms with Crippen molar-refractivity contribution >= 4 is 46.4 Å². The predicted octanol–water partition coefficient (Wildman–Crippen LogP) is 5.45. The zero-order chi connectivity index (χ0) is 22.7. The first-order chi connectivity index (χ1) is 15.4. The molecule has 4 rings (SSSR count). The van der Waals surface area contributed by atoms with E-state index in [0.717, 1.165) is 5.56 Å². The maximum atomic E-state index is 12.5. The zero-order valence-electron chi connectivity index (χ0n) is 16.8. The average Bonchev–Trinajstić information content (AvgIpc) is 3.24. The van der Waals surface area contributed by atoms with E-state index >= 15 is 0 Å². The summed E-state index contributed by atoms with van der Waals surface area (Å²) >= 11 is 12.1. The Bertz CT molecular complexity index is 1260. The van der Waals surface area contributed by atoms with Crippen LogP contribution in [-0.4, -0.2) is 26.8 Å². The fourth-order valence-corrected chi connectivity index (χ4v) is 3.54. The first-order valence-electron chi connectivity index (χ1n) is 9.56. The standard InChI is InChI=1S/C23H17Cl2N5O2/c1-14(31)26-19-8-4-16(5-9-19)23(32)27-20-6-2-15(3-7-20)22-13-30(29-28-22)21-11-17(24)10-18(25)12-21/h2-13H,1H3,(H,26,31)(H,27,32). The van der Waals surface area contributed by atoms with Crippen molar-refractivity contribution < 1.29 is 9.59 Å². The fraction of sp³-hybridized carbons (Fsp3) is 0.0435. The topological polar surface area (TPSA) is 88.9 Å². The molecule has 0 saturated carbocycles. The Hall–Kier alpha value is -3.68. The SMILES string of the molecule is CC(=O)Nc1ccc(C(=O)Nc2ccc(-c3cn(-c4cc(Cl)cc(Cl)c4)nn3)cc2)cc1. The van der Waals surface area contributed by atoms with Crippen LogP contribution < -0.4 is 10.6 Å². The molecule has 0 bridgehead atoms. The molecule has 0 unspecified atom stereocenters. The van der Waals surface area contributed by atoms with Gasteiger partial charge in [-0.3, -0.25) is 9.59 Å². The van der Waals surface area contributed by atoms with Gasteiger partial charge in [0.2, 0.25) is 5.91 Å². The number of aromatic nitrogens is 3. The summed E-state index contributed by atoms with van der Waals surface area (Å²) in [6.45, 7) is 1.43. The van der Waals surface area contributed by atoms with Crippen molar-refractivity contribution in [1.82, 2.24) is 15.0 Å². The van der Waals surface area contributed by atoms with Crippen LogP contribution in [0.3, 0.4) is 0 Å². The van der Waals surface area contributed by atoms with E-state index in [9.17, 15) is 9.59 Å². The van der Waals surface area contributed by atoms with Crippen LogP contribution in [0.2, 0.25) is 10.0 Å². The third kappa shape index (κ3) is 5.14. The van der Waals surface area contributed by atoms with Gasteiger partial charge in [0.1, 0.15) is 5.69 Å². The highest BCUT2D eigenvalue weighted by Gasteiger charge is 2.09. The van der Waals surface area contributed by atoms with Crippen molar-refractivity contribution in [2.24, 2.45) is 0 Å². The van der Waals surface area contributed by atoms with Crippen LogP contribution in [0.5, 0.6) is 0 Å². The van der Waals surface area contributed by atoms with Gasteiger partial charge in [0.05, 0.1) is 11.9 Å². The number of carbonyl (C=O) groups is 2. The number of hydrogen-bond donors (Lipinski definition) is 2. The van der Waals surface area contributed by atoms with Crippen LogP contribution in [0.1, 0.15) is 17.3 Å². The lowest BCUT2D eigenvalue weighted by atomic mass is 10.1. The second-order valence-electron chi connectivity index (χ2n) is 6.97. The van der Waals surface area contributed by atoms with Gasteiger partial charge < -0.3 is 10.6 Å². The van der Waals surface area contributed by atoms with Gasteiger partial charge in [0.15, 0.2) is 0 Å². The normalized spacial score (nSPS) is 10.6. The number of amides is 2. The van der Waals surface area contributed by atoms with Gasteiger partial charge in [-0.2, -0.15) is 0 Å². The molecule has 9 heteroatoms. The van der Waals surface area contributed by atoms with E-state index in [4.69, 9.17) is 23.2 Å². The summed E-state index contributed by atoms with van der Waals surface area (Å²) in [6, 6.07) is 19.0. The maximum Gasteiger partial charge on any atom is 0.255 e. The third-order valence-electron chi connectivity index (χ3n) is 4.51. The molecule has 3 aromatic carbocycles. The molecule has 32 heavy (non-hydrogen) atoms. The second kappa shape index (κ2) is 9.21. The van der Waals surface area contributed by atoms with Crippen molar-refractivity contribution in [2.45, 2.75) is 6.92 Å². The van der Waals surface area contributed by atoms with E-state index in [1.54, 1.807) is 65.5 Å². The zero-order valence-corrected chi connectivity index (χ0v) is 18.4. The number of rotatable bonds is 5. The Morgan fingerprint density at radius 1 is 0.844 bits per heavy atom. The van der Waals surface area contributed by atoms with Crippen LogP contribution in [0.4, 0.5) is 11.4 Å². The second-order valence-corrected chi connectivity index (χ2v) is 7.84. The minimum absolute atomic E-state index is 0.168. The van der Waals surface area contributed by atoms with Gasteiger partial charge in [-0.05, 0) is 54.6 Å². The number of nitrogens with zero attached hydrogens (tertiary/aromatic N) is 3. The summed E-state index contributed by atoms with van der Waals surface area (Å²) in [5, 5.41) is 14.9. The van der Waals surface area contributed by atoms with Gasteiger partial charge in [-0.25, -0.2) is 4.68 Å². The molecular weight excluding hydrogens is 449 g/mol. The Morgan fingerprint density at radius 3 is 2.06 bits per heavy atom. The smallest absolute Gasteiger partial charge is 0.255 e. The van der Waals surface area contributed by atoms with Gasteiger partial charge >= 0.3 is 0 Å². The highest BCUT2D eigenvalue weighted by molar-refractivity contribution is 6.34. The Balaban J connectivity index is 1.45. The molecule has 1 aromatic heterocycles. The molecule has 0 aliphatic rings. The molecular formula is C23H17Cl2N5O2. The molecule has 0 fully saturated rings. The monoisotopic (exact) mass is 465 g/mol. The first kappa shape index (κ1) is 21.5. The van der Waals surface area contributed by atoms with Crippen LogP contribution in [0, 0.1) is 0 Å². The van der Waals surface area contributed by atoms with Crippen LogP contribution >= 0.6 is 23.2 Å². The predicted molar refractivity (Wildman–Crippen MR) is 126 cm³/mol. The van der Waals surface area contributed by atoms with E-state index < -0.39 is 0 Å². The Labute approximate surface area is 194 Å². The fourth-order valence-electron chi connectivity index (χ4n) is 3.03. The lowest BCUT2D eigenvalue weighted by Gasteiger charge is -2.07. The molecule has 0 saturated heterocycles. The molecule has 0 atom stereocenters. The highest BCUT2D eigenvalue weighted by Crippen LogP contribution is 2.24. The minimum Gasteiger partial charge on any atom is -0.326 e. The summed E-state index contributed by atoms with van der Waals surface area (Å²) in [6.07, 6.45) is 1.77. The van der Waals surface area contributed by atoms with Crippen LogP contribution in [0.25, 0.3) is 16.9 Å². The molecule has 4 aromatic rings. The number of anilines is 2. The summed E-state index contributed by atoms with van der Waals surface area (Å²) in [7, 11) is 0. The summed E-state index contributed by atoms with van der Waals surface area (Å²) in [5.74, 6) is -0.422. The highest BCUT2D eigenvalue weighted by atomic mass is 35.5. The largest absolute Gasteiger partial charge is 0.326 e. The average molecular weight is 466 g/mol. The summed E-state index contributed by atoms with van der Waals surface area (Å²) in [5.41, 5.74) is 3.95. The number of halogens is 2. The van der Waals surface area contributed by atoms with Crippen molar-refractivity contribution in [1.29, 1.82) is 0 Å². The van der Waals surface area contributed by atoms with E-state index in [2.05, 4.69) is 20.9 Å². The van der Waals surface area contributed by atoms with Crippen LogP contribution in [-0.2, 0) is 4.79 Å². The number of carbonyl (C=O) groups excluding carboxylic acids is 2. The van der Waals surface area contributed by atoms with Crippen molar-refractivity contribution in [3.8, 4) is 16.9 Å². The van der Waals surface area contributed by atoms with Gasteiger partial charge in [0, 0.05) is 39.5 Å². The first-order valence-corrected chi connectivity index (χ1v) is 10.3. The number of nitrogens with one attached hydrogen (secondary N) is 2. The van der Waals surface area contributed by atoms with Crippen molar-refractivity contribution in [3.05, 3.63) is 88.5 Å². The quantitative estimate of drug-likeness (QED) is 0.409. The summed E-state index contributed by atoms with van der Waals surface area (Å²) in [4.78, 5) is 23.6. The molecule has 2 N–H and O–H groups in total. The van der Waals surface area contributed by atoms with Gasteiger partial charge in [0.25, 0.3) is 5.91 Å². The lowest BCUT2D eigenvalue weighted by molar-refractivity contribution is -0.114. The van der Waals surface area contributed by atoms with E-state index in [0.29, 0.717) is 38.4 Å². The minimum atomic E-state index is -0.254. The molecule has 2 amide bonds. The molecule has 0 spiro atoms. The number of hydrogen-bond acceptors (Lipinski definition) is 4. The Morgan fingerprint density at radius 2 is 1.44 bits per heavy atom. The van der Waals surface area contributed by atoms with E-state index in [-0.39, 0.29) is 11.8 Å². The third-order valence-corrected chi connectivity index (χ3v) is 4.95. The molecule has 0 radical (unpaired) electrons. The van der Waals surface area contributed by atoms with Gasteiger partial charge in [-0.1, -0.05) is 40.5 Å².